The van der Waals surface area contributed by atoms with Crippen molar-refractivity contribution < 1.29 is 33.1 Å². The SMILES string of the molecule is CCCCOC(=O)[C@H](C)NP(=O)(COCCn1cnc2c(OCC)nc(N)nc21)N[C@@H](C)C(=O)OCCCC. The van der Waals surface area contributed by atoms with Crippen molar-refractivity contribution in [2.75, 3.05) is 38.5 Å². The molecule has 0 fully saturated rings. The molecule has 0 saturated heterocycles. The highest BCUT2D eigenvalue weighted by Gasteiger charge is 2.32. The van der Waals surface area contributed by atoms with Gasteiger partial charge < -0.3 is 29.2 Å². The van der Waals surface area contributed by atoms with E-state index in [0.717, 1.165) is 25.7 Å². The van der Waals surface area contributed by atoms with Gasteiger partial charge in [-0.1, -0.05) is 26.7 Å². The van der Waals surface area contributed by atoms with Gasteiger partial charge in [-0.05, 0) is 33.6 Å². The first kappa shape index (κ1) is 32.4. The smallest absolute Gasteiger partial charge is 0.323 e. The van der Waals surface area contributed by atoms with Gasteiger partial charge in [0.2, 0.25) is 19.3 Å². The van der Waals surface area contributed by atoms with Crippen molar-refractivity contribution in [3.8, 4) is 5.88 Å². The average Bonchev–Trinajstić information content (AvgIpc) is 3.29. The van der Waals surface area contributed by atoms with Crippen LogP contribution in [0.3, 0.4) is 0 Å². The molecule has 39 heavy (non-hydrogen) atoms. The maximum absolute atomic E-state index is 13.8. The number of carbonyl (C=O) groups excluding carboxylic acids is 2. The lowest BCUT2D eigenvalue weighted by atomic mass is 10.3. The number of nitrogens with one attached hydrogen (secondary N) is 2. The summed E-state index contributed by atoms with van der Waals surface area (Å²) >= 11 is 0. The van der Waals surface area contributed by atoms with Crippen LogP contribution in [-0.2, 0) is 34.9 Å². The highest BCUT2D eigenvalue weighted by atomic mass is 31.2. The molecule has 0 aliphatic rings. The minimum Gasteiger partial charge on any atom is -0.476 e. The minimum atomic E-state index is -3.61. The third-order valence-electron chi connectivity index (χ3n) is 5.48. The lowest BCUT2D eigenvalue weighted by molar-refractivity contribution is -0.145. The fourth-order valence-electron chi connectivity index (χ4n) is 3.42. The fourth-order valence-corrected chi connectivity index (χ4v) is 5.49. The van der Waals surface area contributed by atoms with Crippen LogP contribution in [0.25, 0.3) is 11.2 Å². The molecule has 220 valence electrons. The molecular formula is C24H42N7O7P. The summed E-state index contributed by atoms with van der Waals surface area (Å²) in [5.41, 5.74) is 6.75. The summed E-state index contributed by atoms with van der Waals surface area (Å²) < 4.78 is 37.2. The van der Waals surface area contributed by atoms with Crippen LogP contribution < -0.4 is 20.6 Å². The predicted octanol–water partition coefficient (Wildman–Crippen LogP) is 2.62. The van der Waals surface area contributed by atoms with Crippen LogP contribution in [0, 0.1) is 0 Å². The Morgan fingerprint density at radius 2 is 1.59 bits per heavy atom. The first-order valence-electron chi connectivity index (χ1n) is 13.3. The summed E-state index contributed by atoms with van der Waals surface area (Å²) in [5, 5.41) is 5.58. The predicted molar refractivity (Wildman–Crippen MR) is 146 cm³/mol. The Bertz CT molecular complexity index is 1080. The normalized spacial score (nSPS) is 13.3. The highest BCUT2D eigenvalue weighted by molar-refractivity contribution is 7.59. The third-order valence-corrected chi connectivity index (χ3v) is 7.63. The molecule has 14 nitrogen and oxygen atoms in total. The quantitative estimate of drug-likeness (QED) is 0.127. The van der Waals surface area contributed by atoms with Crippen LogP contribution in [0.2, 0.25) is 0 Å². The Kier molecular flexibility index (Phi) is 13.6. The van der Waals surface area contributed by atoms with Gasteiger partial charge in [0.1, 0.15) is 18.4 Å². The van der Waals surface area contributed by atoms with E-state index in [4.69, 9.17) is 24.7 Å². The monoisotopic (exact) mass is 571 g/mol. The van der Waals surface area contributed by atoms with E-state index in [2.05, 4.69) is 25.1 Å². The number of esters is 2. The number of fused-ring (bicyclic) bond motifs is 1. The number of hydrogen-bond acceptors (Lipinski definition) is 11. The first-order chi connectivity index (χ1) is 18.6. The Morgan fingerprint density at radius 3 is 2.13 bits per heavy atom. The third kappa shape index (κ3) is 10.4. The number of nitrogens with zero attached hydrogens (tertiary/aromatic N) is 4. The molecule has 2 atom stereocenters. The number of imidazole rings is 1. The minimum absolute atomic E-state index is 0.0474. The van der Waals surface area contributed by atoms with Crippen molar-refractivity contribution in [2.45, 2.75) is 78.9 Å². The summed E-state index contributed by atoms with van der Waals surface area (Å²) in [6.45, 7) is 10.3. The topological polar surface area (TPSA) is 182 Å². The van der Waals surface area contributed by atoms with Crippen molar-refractivity contribution in [1.82, 2.24) is 29.7 Å². The van der Waals surface area contributed by atoms with Crippen LogP contribution in [0.15, 0.2) is 6.33 Å². The van der Waals surface area contributed by atoms with Crippen LogP contribution in [-0.4, -0.2) is 76.3 Å². The molecule has 0 aliphatic heterocycles. The van der Waals surface area contributed by atoms with E-state index in [-0.39, 0.29) is 38.0 Å². The van der Waals surface area contributed by atoms with E-state index < -0.39 is 31.5 Å². The van der Waals surface area contributed by atoms with Crippen molar-refractivity contribution >= 4 is 36.5 Å². The Balaban J connectivity index is 2.06. The molecule has 0 radical (unpaired) electrons. The Hall–Kier alpha value is -2.80. The van der Waals surface area contributed by atoms with Gasteiger partial charge in [0, 0.05) is 6.54 Å². The molecule has 0 saturated carbocycles. The number of rotatable bonds is 19. The van der Waals surface area contributed by atoms with E-state index in [1.807, 2.05) is 20.8 Å². The standard InChI is InChI=1S/C24H42N7O7P/c1-6-9-12-37-22(32)17(4)29-39(34,30-18(5)23(33)38-13-10-7-2)16-35-14-11-31-15-26-19-20(31)27-24(25)28-21(19)36-8-3/h15,17-18H,6-14,16H2,1-5H3,(H2,25,27,28)(H2,29,30,34)/t17-,18-/m0/s1. The molecule has 2 heterocycles. The van der Waals surface area contributed by atoms with Crippen LogP contribution >= 0.6 is 7.44 Å². The second kappa shape index (κ2) is 16.3. The zero-order valence-electron chi connectivity index (χ0n) is 23.5. The molecular weight excluding hydrogens is 529 g/mol. The molecule has 0 bridgehead atoms. The summed E-state index contributed by atoms with van der Waals surface area (Å²) in [4.78, 5) is 37.4. The first-order valence-corrected chi connectivity index (χ1v) is 15.2. The van der Waals surface area contributed by atoms with Crippen LogP contribution in [0.5, 0.6) is 5.88 Å². The van der Waals surface area contributed by atoms with Gasteiger partial charge in [-0.2, -0.15) is 9.97 Å². The Morgan fingerprint density at radius 1 is 1.00 bits per heavy atom. The molecule has 0 spiro atoms. The number of unbranched alkanes of at least 4 members (excludes halogenated alkanes) is 2. The number of anilines is 1. The highest BCUT2D eigenvalue weighted by Crippen LogP contribution is 2.37. The second-order valence-electron chi connectivity index (χ2n) is 8.95. The van der Waals surface area contributed by atoms with Gasteiger partial charge in [0.05, 0.1) is 32.8 Å². The number of carbonyl (C=O) groups is 2. The van der Waals surface area contributed by atoms with E-state index in [0.29, 0.717) is 24.3 Å². The molecule has 0 amide bonds. The largest absolute Gasteiger partial charge is 0.476 e. The van der Waals surface area contributed by atoms with E-state index >= 15 is 0 Å². The van der Waals surface area contributed by atoms with Gasteiger partial charge >= 0.3 is 11.9 Å². The molecule has 2 aromatic rings. The van der Waals surface area contributed by atoms with Crippen LogP contribution in [0.4, 0.5) is 5.95 Å². The molecule has 2 rings (SSSR count). The fraction of sp³-hybridized carbons (Fsp3) is 0.708. The zero-order chi connectivity index (χ0) is 28.8. The maximum atomic E-state index is 13.8. The lowest BCUT2D eigenvalue weighted by Gasteiger charge is -2.26. The summed E-state index contributed by atoms with van der Waals surface area (Å²) in [7, 11) is -3.61. The van der Waals surface area contributed by atoms with Crippen molar-refractivity contribution in [3.05, 3.63) is 6.33 Å². The molecule has 2 aromatic heterocycles. The van der Waals surface area contributed by atoms with Gasteiger partial charge in [-0.3, -0.25) is 14.2 Å². The van der Waals surface area contributed by atoms with Gasteiger partial charge in [-0.25, -0.2) is 15.2 Å². The Labute approximate surface area is 229 Å². The number of aromatic nitrogens is 4. The summed E-state index contributed by atoms with van der Waals surface area (Å²) in [6.07, 6.45) is 4.45. The number of nitrogens with two attached hydrogens (primary N) is 1. The lowest BCUT2D eigenvalue weighted by Crippen LogP contribution is -2.43. The number of nitrogen functional groups attached to an aromatic ring is 1. The van der Waals surface area contributed by atoms with E-state index in [1.165, 1.54) is 0 Å². The van der Waals surface area contributed by atoms with Crippen molar-refractivity contribution in [1.29, 1.82) is 0 Å². The maximum Gasteiger partial charge on any atom is 0.323 e. The molecule has 0 aliphatic carbocycles. The van der Waals surface area contributed by atoms with Crippen molar-refractivity contribution in [2.24, 2.45) is 0 Å². The van der Waals surface area contributed by atoms with Gasteiger partial charge in [0.25, 0.3) is 0 Å². The summed E-state index contributed by atoms with van der Waals surface area (Å²) in [5.74, 6) is -0.754. The molecule has 15 heteroatoms. The van der Waals surface area contributed by atoms with Crippen LogP contribution in [0.1, 0.15) is 60.3 Å². The molecule has 4 N–H and O–H groups in total. The molecule has 0 aromatic carbocycles. The molecule has 0 unspecified atom stereocenters. The van der Waals surface area contributed by atoms with Crippen molar-refractivity contribution in [3.63, 3.8) is 0 Å². The van der Waals surface area contributed by atoms with Gasteiger partial charge in [-0.15, -0.1) is 0 Å². The van der Waals surface area contributed by atoms with Gasteiger partial charge in [0.15, 0.2) is 11.2 Å². The average molecular weight is 572 g/mol. The van der Waals surface area contributed by atoms with E-state index in [1.54, 1.807) is 24.7 Å². The zero-order valence-corrected chi connectivity index (χ0v) is 24.4. The number of hydrogen-bond donors (Lipinski definition) is 3. The summed E-state index contributed by atoms with van der Waals surface area (Å²) in [6, 6.07) is -1.80. The number of ether oxygens (including phenoxy) is 4. The van der Waals surface area contributed by atoms with E-state index in [9.17, 15) is 14.2 Å². The second-order valence-corrected chi connectivity index (χ2v) is 11.2.